The number of rotatable bonds is 6. The Hall–Kier alpha value is -2.66. The lowest BCUT2D eigenvalue weighted by Crippen LogP contribution is -2.32. The first-order chi connectivity index (χ1) is 13.9. The van der Waals surface area contributed by atoms with Gasteiger partial charge in [-0.1, -0.05) is 6.07 Å². The van der Waals surface area contributed by atoms with Gasteiger partial charge in [0.25, 0.3) is 0 Å². The SMILES string of the molecule is O=C1NCCN1CCNc1ncc(C(F)(F)F)c(-c2ccc(-c3cccs3)s2)n1. The lowest BCUT2D eigenvalue weighted by molar-refractivity contribution is -0.137. The molecule has 0 bridgehead atoms. The van der Waals surface area contributed by atoms with Crippen molar-refractivity contribution < 1.29 is 18.0 Å². The van der Waals surface area contributed by atoms with Crippen molar-refractivity contribution >= 4 is 34.7 Å². The summed E-state index contributed by atoms with van der Waals surface area (Å²) in [5.41, 5.74) is -1.02. The number of nitrogens with one attached hydrogen (secondary N) is 2. The van der Waals surface area contributed by atoms with Crippen molar-refractivity contribution in [1.29, 1.82) is 0 Å². The van der Waals surface area contributed by atoms with Gasteiger partial charge in [0.2, 0.25) is 5.95 Å². The van der Waals surface area contributed by atoms with Gasteiger partial charge in [0.1, 0.15) is 5.56 Å². The molecule has 1 aliphatic rings. The van der Waals surface area contributed by atoms with Gasteiger partial charge in [-0.2, -0.15) is 13.2 Å². The molecule has 1 fully saturated rings. The van der Waals surface area contributed by atoms with E-state index >= 15 is 0 Å². The molecule has 0 saturated carbocycles. The van der Waals surface area contributed by atoms with Gasteiger partial charge in [-0.25, -0.2) is 14.8 Å². The molecule has 0 aromatic carbocycles. The third-order valence-corrected chi connectivity index (χ3v) is 6.47. The maximum Gasteiger partial charge on any atom is 0.420 e. The summed E-state index contributed by atoms with van der Waals surface area (Å²) in [6.07, 6.45) is -3.76. The number of aromatic nitrogens is 2. The highest BCUT2D eigenvalue weighted by Crippen LogP contribution is 2.41. The first kappa shape index (κ1) is 19.6. The van der Waals surface area contributed by atoms with Gasteiger partial charge in [0, 0.05) is 42.1 Å². The van der Waals surface area contributed by atoms with E-state index in [0.717, 1.165) is 16.0 Å². The first-order valence-electron chi connectivity index (χ1n) is 8.77. The van der Waals surface area contributed by atoms with Crippen molar-refractivity contribution in [3.63, 3.8) is 0 Å². The average Bonchev–Trinajstić information content (AvgIpc) is 3.43. The van der Waals surface area contributed by atoms with Gasteiger partial charge in [0.15, 0.2) is 0 Å². The number of carbonyl (C=O) groups is 1. The summed E-state index contributed by atoms with van der Waals surface area (Å²) in [5, 5.41) is 7.52. The molecule has 4 heterocycles. The molecule has 152 valence electrons. The molecular formula is C18H16F3N5OS2. The number of amides is 2. The summed E-state index contributed by atoms with van der Waals surface area (Å²) < 4.78 is 40.5. The van der Waals surface area contributed by atoms with E-state index < -0.39 is 11.7 Å². The first-order valence-corrected chi connectivity index (χ1v) is 10.5. The molecule has 4 rings (SSSR count). The zero-order valence-corrected chi connectivity index (χ0v) is 16.6. The molecule has 3 aromatic rings. The smallest absolute Gasteiger partial charge is 0.352 e. The van der Waals surface area contributed by atoms with Gasteiger partial charge in [-0.3, -0.25) is 0 Å². The van der Waals surface area contributed by atoms with Crippen LogP contribution >= 0.6 is 22.7 Å². The van der Waals surface area contributed by atoms with Crippen molar-refractivity contribution in [2.24, 2.45) is 0 Å². The van der Waals surface area contributed by atoms with Gasteiger partial charge in [-0.15, -0.1) is 22.7 Å². The van der Waals surface area contributed by atoms with Crippen LogP contribution in [0.3, 0.4) is 0 Å². The van der Waals surface area contributed by atoms with Crippen LogP contribution in [0.15, 0.2) is 35.8 Å². The minimum Gasteiger partial charge on any atom is -0.352 e. The van der Waals surface area contributed by atoms with Gasteiger partial charge in [-0.05, 0) is 23.6 Å². The minimum absolute atomic E-state index is 0.0960. The van der Waals surface area contributed by atoms with Crippen molar-refractivity contribution in [2.75, 3.05) is 31.5 Å². The lowest BCUT2D eigenvalue weighted by atomic mass is 10.2. The number of hydrogen-bond acceptors (Lipinski definition) is 6. The fourth-order valence-electron chi connectivity index (χ4n) is 2.91. The maximum atomic E-state index is 13.5. The Morgan fingerprint density at radius 1 is 1.21 bits per heavy atom. The zero-order chi connectivity index (χ0) is 20.4. The molecule has 2 amide bonds. The molecule has 6 nitrogen and oxygen atoms in total. The number of nitrogens with zero attached hydrogens (tertiary/aromatic N) is 3. The van der Waals surface area contributed by atoms with E-state index in [1.807, 2.05) is 17.5 Å². The van der Waals surface area contributed by atoms with Crippen LogP contribution in [-0.4, -0.2) is 47.1 Å². The normalized spacial score (nSPS) is 14.3. The summed E-state index contributed by atoms with van der Waals surface area (Å²) in [6, 6.07) is 7.11. The van der Waals surface area contributed by atoms with Crippen LogP contribution in [0.25, 0.3) is 20.3 Å². The van der Waals surface area contributed by atoms with Crippen LogP contribution in [0.5, 0.6) is 0 Å². The fourth-order valence-corrected chi connectivity index (χ4v) is 4.75. The molecule has 11 heteroatoms. The summed E-state index contributed by atoms with van der Waals surface area (Å²) in [6.45, 7) is 1.93. The largest absolute Gasteiger partial charge is 0.420 e. The van der Waals surface area contributed by atoms with Gasteiger partial charge >= 0.3 is 12.2 Å². The Morgan fingerprint density at radius 3 is 2.72 bits per heavy atom. The average molecular weight is 439 g/mol. The fraction of sp³-hybridized carbons (Fsp3) is 0.278. The Balaban J connectivity index is 1.57. The van der Waals surface area contributed by atoms with E-state index in [9.17, 15) is 18.0 Å². The third kappa shape index (κ3) is 4.35. The van der Waals surface area contributed by atoms with E-state index in [2.05, 4.69) is 20.6 Å². The van der Waals surface area contributed by atoms with Crippen LogP contribution in [0.2, 0.25) is 0 Å². The molecule has 0 spiro atoms. The number of halogens is 3. The Labute approximate surface area is 172 Å². The summed E-state index contributed by atoms with van der Waals surface area (Å²) in [5.74, 6) is 0.0960. The number of thiophene rings is 2. The van der Waals surface area contributed by atoms with Crippen LogP contribution in [0.1, 0.15) is 5.56 Å². The molecule has 0 radical (unpaired) electrons. The second kappa shape index (κ2) is 7.99. The third-order valence-electron chi connectivity index (χ3n) is 4.31. The summed E-state index contributed by atoms with van der Waals surface area (Å²) in [7, 11) is 0. The van der Waals surface area contributed by atoms with Gasteiger partial charge in [0.05, 0.1) is 10.6 Å². The van der Waals surface area contributed by atoms with Gasteiger partial charge < -0.3 is 15.5 Å². The number of anilines is 1. The van der Waals surface area contributed by atoms with E-state index in [-0.39, 0.29) is 17.7 Å². The number of hydrogen-bond donors (Lipinski definition) is 2. The maximum absolute atomic E-state index is 13.5. The highest BCUT2D eigenvalue weighted by atomic mass is 32.1. The highest BCUT2D eigenvalue weighted by Gasteiger charge is 2.36. The minimum atomic E-state index is -4.56. The van der Waals surface area contributed by atoms with Crippen LogP contribution in [-0.2, 0) is 6.18 Å². The molecule has 29 heavy (non-hydrogen) atoms. The van der Waals surface area contributed by atoms with Crippen LogP contribution < -0.4 is 10.6 Å². The molecular weight excluding hydrogens is 423 g/mol. The molecule has 1 aliphatic heterocycles. The molecule has 2 N–H and O–H groups in total. The van der Waals surface area contributed by atoms with Crippen molar-refractivity contribution in [3.8, 4) is 20.3 Å². The zero-order valence-electron chi connectivity index (χ0n) is 15.0. The van der Waals surface area contributed by atoms with E-state index in [1.54, 1.807) is 17.0 Å². The second-order valence-electron chi connectivity index (χ2n) is 6.24. The van der Waals surface area contributed by atoms with Crippen molar-refractivity contribution in [2.45, 2.75) is 6.18 Å². The summed E-state index contributed by atoms with van der Waals surface area (Å²) in [4.78, 5) is 23.4. The number of urea groups is 1. The topological polar surface area (TPSA) is 70.2 Å². The Kier molecular flexibility index (Phi) is 5.41. The van der Waals surface area contributed by atoms with E-state index in [4.69, 9.17) is 0 Å². The Morgan fingerprint density at radius 2 is 2.03 bits per heavy atom. The highest BCUT2D eigenvalue weighted by molar-refractivity contribution is 7.23. The monoisotopic (exact) mass is 439 g/mol. The number of carbonyl (C=O) groups excluding carboxylic acids is 1. The van der Waals surface area contributed by atoms with Crippen LogP contribution in [0, 0.1) is 0 Å². The van der Waals surface area contributed by atoms with Crippen LogP contribution in [0.4, 0.5) is 23.9 Å². The lowest BCUT2D eigenvalue weighted by Gasteiger charge is -2.15. The molecule has 3 aromatic heterocycles. The van der Waals surface area contributed by atoms with E-state index in [1.165, 1.54) is 22.7 Å². The standard InChI is InChI=1S/C18H16F3N5OS2/c19-18(20,21)11-10-24-16(22-5-7-26-8-6-23-17(26)27)25-15(11)14-4-3-13(29-14)12-2-1-9-28-12/h1-4,9-10H,5-8H2,(H,23,27)(H,22,24,25). The van der Waals surface area contributed by atoms with Crippen molar-refractivity contribution in [1.82, 2.24) is 20.2 Å². The summed E-state index contributed by atoms with van der Waals surface area (Å²) >= 11 is 2.78. The molecule has 0 unspecified atom stereocenters. The predicted octanol–water partition coefficient (Wildman–Crippen LogP) is 4.39. The number of alkyl halides is 3. The quantitative estimate of drug-likeness (QED) is 0.598. The van der Waals surface area contributed by atoms with Crippen molar-refractivity contribution in [3.05, 3.63) is 41.4 Å². The predicted molar refractivity (Wildman–Crippen MR) is 107 cm³/mol. The molecule has 0 aliphatic carbocycles. The second-order valence-corrected chi connectivity index (χ2v) is 8.27. The molecule has 0 atom stereocenters. The Bertz CT molecular complexity index is 1000. The molecule has 1 saturated heterocycles. The van der Waals surface area contributed by atoms with E-state index in [0.29, 0.717) is 31.1 Å².